The number of hydrogen-bond donors (Lipinski definition) is 1. The van der Waals surface area contributed by atoms with E-state index in [1.54, 1.807) is 18.2 Å². The van der Waals surface area contributed by atoms with E-state index >= 15 is 0 Å². The minimum absolute atomic E-state index is 0.103. The Labute approximate surface area is 229 Å². The van der Waals surface area contributed by atoms with E-state index in [4.69, 9.17) is 58.0 Å². The highest BCUT2D eigenvalue weighted by Gasteiger charge is 2.67. The molecule has 0 aromatic heterocycles. The molecule has 3 nitrogen and oxygen atoms in total. The summed E-state index contributed by atoms with van der Waals surface area (Å²) in [6.07, 6.45) is -4.65. The van der Waals surface area contributed by atoms with Crippen LogP contribution in [0.15, 0.2) is 60.7 Å². The van der Waals surface area contributed by atoms with Crippen LogP contribution in [0, 0.1) is 5.92 Å². The van der Waals surface area contributed by atoms with Gasteiger partial charge in [0.25, 0.3) is 0 Å². The molecular weight excluding hydrogens is 581 g/mol. The maximum atomic E-state index is 13.0. The summed E-state index contributed by atoms with van der Waals surface area (Å²) in [7, 11) is 0. The minimum atomic E-state index is -4.47. The first-order chi connectivity index (χ1) is 16.8. The number of hydrogen-bond acceptors (Lipinski definition) is 2. The quantitative estimate of drug-likeness (QED) is 0.229. The molecule has 2 atom stereocenters. The molecule has 1 fully saturated rings. The maximum absolute atomic E-state index is 13.0. The molecule has 1 aliphatic carbocycles. The lowest BCUT2D eigenvalue weighted by Crippen LogP contribution is -2.17. The van der Waals surface area contributed by atoms with E-state index in [9.17, 15) is 22.8 Å². The van der Waals surface area contributed by atoms with E-state index in [0.717, 1.165) is 12.1 Å². The molecule has 3 aromatic rings. The molecule has 0 heterocycles. The highest BCUT2D eigenvalue weighted by Crippen LogP contribution is 2.65. The summed E-state index contributed by atoms with van der Waals surface area (Å²) in [6.45, 7) is 0. The van der Waals surface area contributed by atoms with Gasteiger partial charge in [-0.15, -0.1) is 23.2 Å². The van der Waals surface area contributed by atoms with Gasteiger partial charge in [0, 0.05) is 33.6 Å². The van der Waals surface area contributed by atoms with Crippen molar-refractivity contribution in [3.8, 4) is 0 Å². The average molecular weight is 596 g/mol. The van der Waals surface area contributed by atoms with Gasteiger partial charge in [-0.05, 0) is 59.7 Å². The summed E-state index contributed by atoms with van der Waals surface area (Å²) < 4.78 is 36.9. The van der Waals surface area contributed by atoms with Crippen molar-refractivity contribution in [1.29, 1.82) is 0 Å². The lowest BCUT2D eigenvalue weighted by atomic mass is 10.0. The largest absolute Gasteiger partial charge is 0.416 e. The fourth-order valence-corrected chi connectivity index (χ4v) is 5.55. The highest BCUT2D eigenvalue weighted by atomic mass is 35.5. The molecule has 1 saturated carbocycles. The number of amides is 1. The first-order valence-corrected chi connectivity index (χ1v) is 12.3. The first-order valence-electron chi connectivity index (χ1n) is 10.4. The summed E-state index contributed by atoms with van der Waals surface area (Å²) in [4.78, 5) is 25.8. The van der Waals surface area contributed by atoms with Gasteiger partial charge in [0.1, 0.15) is 4.33 Å². The Bertz CT molecular complexity index is 1320. The number of carbonyl (C=O) groups excluding carboxylic acids is 2. The number of carbonyl (C=O) groups is 2. The van der Waals surface area contributed by atoms with Crippen LogP contribution in [0.5, 0.6) is 0 Å². The molecule has 4 rings (SSSR count). The molecule has 11 heteroatoms. The average Bonchev–Trinajstić information content (AvgIpc) is 3.36. The predicted octanol–water partition coefficient (Wildman–Crippen LogP) is 8.62. The molecule has 0 spiro atoms. The van der Waals surface area contributed by atoms with Gasteiger partial charge >= 0.3 is 6.18 Å². The SMILES string of the molecule is O=C(Cc1ccc(C(F)(F)F)cc1)c1cc(NC(=O)C2C(c3cc(Cl)cc(Cl)c3)C2(Cl)Cl)ccc1Cl. The van der Waals surface area contributed by atoms with E-state index in [2.05, 4.69) is 5.32 Å². The zero-order valence-corrected chi connectivity index (χ0v) is 21.8. The van der Waals surface area contributed by atoms with Crippen LogP contribution in [-0.4, -0.2) is 16.0 Å². The zero-order chi connectivity index (χ0) is 26.4. The molecule has 188 valence electrons. The Morgan fingerprint density at radius 2 is 1.50 bits per heavy atom. The standard InChI is InChI=1S/C25H15Cl5F3NO2/c26-15-8-13(9-16(27)10-15)21-22(24(21,29)30)23(36)34-17-5-6-19(28)18(11-17)20(35)7-12-1-3-14(4-2-12)25(31,32)33/h1-6,8-11,21-22H,7H2,(H,34,36). The topological polar surface area (TPSA) is 46.2 Å². The monoisotopic (exact) mass is 593 g/mol. The van der Waals surface area contributed by atoms with Gasteiger partial charge < -0.3 is 5.32 Å². The summed E-state index contributed by atoms with van der Waals surface area (Å²) in [5, 5.41) is 3.57. The Balaban J connectivity index is 1.48. The molecule has 0 bridgehead atoms. The van der Waals surface area contributed by atoms with Crippen molar-refractivity contribution in [1.82, 2.24) is 0 Å². The van der Waals surface area contributed by atoms with Crippen LogP contribution in [0.2, 0.25) is 15.1 Å². The third kappa shape index (κ3) is 5.79. The van der Waals surface area contributed by atoms with Gasteiger partial charge in [-0.3, -0.25) is 9.59 Å². The summed E-state index contributed by atoms with van der Waals surface area (Å²) in [6, 6.07) is 13.4. The summed E-state index contributed by atoms with van der Waals surface area (Å²) in [5.74, 6) is -2.27. The number of benzene rings is 3. The molecule has 1 aliphatic rings. The van der Waals surface area contributed by atoms with Crippen LogP contribution in [-0.2, 0) is 17.4 Å². The molecule has 36 heavy (non-hydrogen) atoms. The zero-order valence-electron chi connectivity index (χ0n) is 18.0. The second kappa shape index (κ2) is 10.1. The van der Waals surface area contributed by atoms with E-state index in [1.807, 2.05) is 0 Å². The number of Topliss-reactive ketones (excluding diaryl/α,β-unsaturated/α-hetero) is 1. The van der Waals surface area contributed by atoms with Crippen molar-refractivity contribution in [3.05, 3.63) is 98.0 Å². The van der Waals surface area contributed by atoms with Gasteiger partial charge in [-0.25, -0.2) is 0 Å². The molecule has 0 aliphatic heterocycles. The van der Waals surface area contributed by atoms with E-state index in [0.29, 0.717) is 21.2 Å². The highest BCUT2D eigenvalue weighted by molar-refractivity contribution is 6.53. The Hall–Kier alpha value is -1.96. The van der Waals surface area contributed by atoms with Crippen LogP contribution in [0.1, 0.15) is 33.0 Å². The number of anilines is 1. The second-order valence-electron chi connectivity index (χ2n) is 8.31. The number of halogens is 8. The third-order valence-corrected chi connectivity index (χ3v) is 7.47. The summed E-state index contributed by atoms with van der Waals surface area (Å²) in [5.41, 5.74) is 0.565. The van der Waals surface area contributed by atoms with Crippen LogP contribution in [0.3, 0.4) is 0 Å². The number of ketones is 1. The molecule has 1 amide bonds. The lowest BCUT2D eigenvalue weighted by Gasteiger charge is -2.10. The van der Waals surface area contributed by atoms with Gasteiger partial charge in [0.15, 0.2) is 5.78 Å². The third-order valence-electron chi connectivity index (χ3n) is 5.76. The van der Waals surface area contributed by atoms with Crippen LogP contribution in [0.25, 0.3) is 0 Å². The van der Waals surface area contributed by atoms with Crippen molar-refractivity contribution in [2.75, 3.05) is 5.32 Å². The van der Waals surface area contributed by atoms with E-state index < -0.39 is 39.6 Å². The normalized spacial score (nSPS) is 18.6. The Kier molecular flexibility index (Phi) is 7.58. The lowest BCUT2D eigenvalue weighted by molar-refractivity contribution is -0.137. The van der Waals surface area contributed by atoms with Crippen molar-refractivity contribution in [2.24, 2.45) is 5.92 Å². The van der Waals surface area contributed by atoms with Gasteiger partial charge in [0.2, 0.25) is 5.91 Å². The molecule has 1 N–H and O–H groups in total. The van der Waals surface area contributed by atoms with Crippen LogP contribution < -0.4 is 5.32 Å². The van der Waals surface area contributed by atoms with Gasteiger partial charge in [0.05, 0.1) is 16.5 Å². The van der Waals surface area contributed by atoms with Crippen molar-refractivity contribution in [3.63, 3.8) is 0 Å². The minimum Gasteiger partial charge on any atom is -0.326 e. The molecule has 0 radical (unpaired) electrons. The number of nitrogens with one attached hydrogen (secondary N) is 1. The maximum Gasteiger partial charge on any atom is 0.416 e. The van der Waals surface area contributed by atoms with Crippen molar-refractivity contribution >= 4 is 75.4 Å². The smallest absolute Gasteiger partial charge is 0.326 e. The molecular formula is C25H15Cl5F3NO2. The van der Waals surface area contributed by atoms with E-state index in [-0.39, 0.29) is 22.7 Å². The predicted molar refractivity (Wildman–Crippen MR) is 137 cm³/mol. The first kappa shape index (κ1) is 27.1. The fourth-order valence-electron chi connectivity index (χ4n) is 3.95. The van der Waals surface area contributed by atoms with E-state index in [1.165, 1.54) is 30.3 Å². The van der Waals surface area contributed by atoms with Crippen molar-refractivity contribution < 1.29 is 22.8 Å². The second-order valence-corrected chi connectivity index (χ2v) is 11.0. The van der Waals surface area contributed by atoms with Crippen LogP contribution in [0.4, 0.5) is 18.9 Å². The summed E-state index contributed by atoms with van der Waals surface area (Å²) >= 11 is 31.1. The fraction of sp³-hybridized carbons (Fsp3) is 0.200. The number of alkyl halides is 5. The molecule has 3 aromatic carbocycles. The van der Waals surface area contributed by atoms with Gasteiger partial charge in [-0.2, -0.15) is 13.2 Å². The Morgan fingerprint density at radius 3 is 2.08 bits per heavy atom. The van der Waals surface area contributed by atoms with Crippen LogP contribution >= 0.6 is 58.0 Å². The molecule has 0 saturated heterocycles. The van der Waals surface area contributed by atoms with Crippen molar-refractivity contribution in [2.45, 2.75) is 22.8 Å². The van der Waals surface area contributed by atoms with Gasteiger partial charge in [-0.1, -0.05) is 46.9 Å². The molecule has 2 unspecified atom stereocenters. The Morgan fingerprint density at radius 1 is 0.889 bits per heavy atom. The number of rotatable bonds is 6.